The summed E-state index contributed by atoms with van der Waals surface area (Å²) < 4.78 is 1.95. The van der Waals surface area contributed by atoms with E-state index in [2.05, 4.69) is 41.4 Å². The maximum Gasteiger partial charge on any atom is 0.151 e. The van der Waals surface area contributed by atoms with Crippen molar-refractivity contribution in [2.45, 2.75) is 71.3 Å². The first-order valence-electron chi connectivity index (χ1n) is 8.13. The quantitative estimate of drug-likeness (QED) is 0.553. The molecule has 0 radical (unpaired) electrons. The molecule has 5 nitrogen and oxygen atoms in total. The Balaban J connectivity index is 2.08. The summed E-state index contributed by atoms with van der Waals surface area (Å²) in [7, 11) is 4.14. The van der Waals surface area contributed by atoms with Crippen molar-refractivity contribution in [3.8, 4) is 0 Å². The molecule has 0 unspecified atom stereocenters. The second-order valence-corrected chi connectivity index (χ2v) is 5.85. The molecule has 0 aliphatic rings. The summed E-state index contributed by atoms with van der Waals surface area (Å²) in [4.78, 5) is 2.15. The molecule has 0 fully saturated rings. The standard InChI is InChI=1S/C15H31N5/c1-4-5-6-7-8-9-10-11-12-15-16-17-18-20(15)14-13-19(2)3/h4-14H2,1-3H3. The summed E-state index contributed by atoms with van der Waals surface area (Å²) in [5, 5.41) is 12.0. The van der Waals surface area contributed by atoms with Gasteiger partial charge in [0.25, 0.3) is 0 Å². The van der Waals surface area contributed by atoms with Crippen LogP contribution in [0, 0.1) is 0 Å². The summed E-state index contributed by atoms with van der Waals surface area (Å²) >= 11 is 0. The number of likely N-dealkylation sites (N-methyl/N-ethyl adjacent to an activating group) is 1. The van der Waals surface area contributed by atoms with E-state index in [1.54, 1.807) is 0 Å². The van der Waals surface area contributed by atoms with E-state index in [4.69, 9.17) is 0 Å². The van der Waals surface area contributed by atoms with Crippen LogP contribution in [0.5, 0.6) is 0 Å². The maximum absolute atomic E-state index is 4.14. The third-order valence-corrected chi connectivity index (χ3v) is 3.62. The molecule has 1 aromatic rings. The number of rotatable bonds is 12. The fourth-order valence-corrected chi connectivity index (χ4v) is 2.29. The van der Waals surface area contributed by atoms with Gasteiger partial charge in [0.2, 0.25) is 0 Å². The van der Waals surface area contributed by atoms with Gasteiger partial charge in [-0.05, 0) is 30.9 Å². The molecule has 0 spiro atoms. The van der Waals surface area contributed by atoms with Gasteiger partial charge in [-0.15, -0.1) is 5.10 Å². The second kappa shape index (κ2) is 10.8. The highest BCUT2D eigenvalue weighted by Gasteiger charge is 2.05. The van der Waals surface area contributed by atoms with Gasteiger partial charge >= 0.3 is 0 Å². The minimum Gasteiger partial charge on any atom is -0.308 e. The molecule has 0 aliphatic carbocycles. The molecule has 1 rings (SSSR count). The minimum atomic E-state index is 0.881. The lowest BCUT2D eigenvalue weighted by Gasteiger charge is -2.09. The van der Waals surface area contributed by atoms with Crippen molar-refractivity contribution in [2.24, 2.45) is 0 Å². The Morgan fingerprint density at radius 1 is 0.950 bits per heavy atom. The summed E-state index contributed by atoms with van der Waals surface area (Å²) in [5.74, 6) is 1.04. The molecule has 0 saturated heterocycles. The summed E-state index contributed by atoms with van der Waals surface area (Å²) in [5.41, 5.74) is 0. The third kappa shape index (κ3) is 7.58. The van der Waals surface area contributed by atoms with Crippen molar-refractivity contribution in [1.82, 2.24) is 25.1 Å². The molecule has 1 heterocycles. The van der Waals surface area contributed by atoms with Crippen LogP contribution >= 0.6 is 0 Å². The van der Waals surface area contributed by atoms with Crippen LogP contribution in [0.1, 0.15) is 64.1 Å². The Morgan fingerprint density at radius 3 is 2.25 bits per heavy atom. The van der Waals surface area contributed by atoms with Gasteiger partial charge in [-0.1, -0.05) is 51.9 Å². The van der Waals surface area contributed by atoms with Crippen molar-refractivity contribution in [1.29, 1.82) is 0 Å². The van der Waals surface area contributed by atoms with Gasteiger partial charge in [-0.3, -0.25) is 0 Å². The summed E-state index contributed by atoms with van der Waals surface area (Å²) in [6.07, 6.45) is 11.8. The van der Waals surface area contributed by atoms with E-state index in [0.717, 1.165) is 25.3 Å². The number of hydrogen-bond acceptors (Lipinski definition) is 4. The second-order valence-electron chi connectivity index (χ2n) is 5.85. The van der Waals surface area contributed by atoms with E-state index >= 15 is 0 Å². The topological polar surface area (TPSA) is 46.8 Å². The highest BCUT2D eigenvalue weighted by molar-refractivity contribution is 4.80. The zero-order valence-electron chi connectivity index (χ0n) is 13.5. The number of nitrogens with zero attached hydrogens (tertiary/aromatic N) is 5. The molecular weight excluding hydrogens is 250 g/mol. The SMILES string of the molecule is CCCCCCCCCCc1nnnn1CCN(C)C. The lowest BCUT2D eigenvalue weighted by atomic mass is 10.1. The summed E-state index contributed by atoms with van der Waals surface area (Å²) in [6.45, 7) is 4.13. The van der Waals surface area contributed by atoms with Crippen molar-refractivity contribution in [3.05, 3.63) is 5.82 Å². The summed E-state index contributed by atoms with van der Waals surface area (Å²) in [6, 6.07) is 0. The van der Waals surface area contributed by atoms with Gasteiger partial charge in [0, 0.05) is 13.0 Å². The van der Waals surface area contributed by atoms with Gasteiger partial charge in [-0.25, -0.2) is 4.68 Å². The van der Waals surface area contributed by atoms with Crippen molar-refractivity contribution in [3.63, 3.8) is 0 Å². The van der Waals surface area contributed by atoms with Crippen molar-refractivity contribution < 1.29 is 0 Å². The first-order chi connectivity index (χ1) is 9.74. The molecule has 0 aromatic carbocycles. The number of tetrazole rings is 1. The molecule has 0 atom stereocenters. The number of hydrogen-bond donors (Lipinski definition) is 0. The molecule has 20 heavy (non-hydrogen) atoms. The largest absolute Gasteiger partial charge is 0.308 e. The highest BCUT2D eigenvalue weighted by Crippen LogP contribution is 2.10. The maximum atomic E-state index is 4.14. The molecule has 5 heteroatoms. The predicted octanol–water partition coefficient (Wildman–Crippen LogP) is 2.92. The van der Waals surface area contributed by atoms with Gasteiger partial charge in [0.15, 0.2) is 5.82 Å². The van der Waals surface area contributed by atoms with Crippen LogP contribution in [-0.4, -0.2) is 45.7 Å². The fraction of sp³-hybridized carbons (Fsp3) is 0.933. The fourth-order valence-electron chi connectivity index (χ4n) is 2.29. The lowest BCUT2D eigenvalue weighted by molar-refractivity contribution is 0.365. The van der Waals surface area contributed by atoms with E-state index in [1.165, 1.54) is 51.4 Å². The number of aromatic nitrogens is 4. The van der Waals surface area contributed by atoms with E-state index in [-0.39, 0.29) is 0 Å². The first-order valence-corrected chi connectivity index (χ1v) is 8.13. The molecular formula is C15H31N5. The zero-order chi connectivity index (χ0) is 14.6. The van der Waals surface area contributed by atoms with Crippen LogP contribution in [0.15, 0.2) is 0 Å². The lowest BCUT2D eigenvalue weighted by Crippen LogP contribution is -2.20. The average Bonchev–Trinajstić information content (AvgIpc) is 2.87. The molecule has 0 bridgehead atoms. The molecule has 0 N–H and O–H groups in total. The minimum absolute atomic E-state index is 0.881. The normalized spacial score (nSPS) is 11.4. The van der Waals surface area contributed by atoms with Crippen LogP contribution in [-0.2, 0) is 13.0 Å². The zero-order valence-corrected chi connectivity index (χ0v) is 13.5. The van der Waals surface area contributed by atoms with Gasteiger partial charge in [-0.2, -0.15) is 0 Å². The average molecular weight is 281 g/mol. The van der Waals surface area contributed by atoms with E-state index < -0.39 is 0 Å². The monoisotopic (exact) mass is 281 g/mol. The van der Waals surface area contributed by atoms with Crippen LogP contribution in [0.4, 0.5) is 0 Å². The number of unbranched alkanes of at least 4 members (excludes halogenated alkanes) is 7. The molecule has 1 aromatic heterocycles. The van der Waals surface area contributed by atoms with Gasteiger partial charge < -0.3 is 4.90 Å². The Hall–Kier alpha value is -0.970. The Bertz CT molecular complexity index is 335. The van der Waals surface area contributed by atoms with Crippen LogP contribution in [0.2, 0.25) is 0 Å². The van der Waals surface area contributed by atoms with Gasteiger partial charge in [0.05, 0.1) is 6.54 Å². The highest BCUT2D eigenvalue weighted by atomic mass is 15.5. The Labute approximate surface area is 123 Å². The number of aryl methyl sites for hydroxylation is 1. The van der Waals surface area contributed by atoms with E-state index in [9.17, 15) is 0 Å². The predicted molar refractivity (Wildman–Crippen MR) is 82.7 cm³/mol. The van der Waals surface area contributed by atoms with E-state index in [1.807, 2.05) is 4.68 Å². The Morgan fingerprint density at radius 2 is 1.60 bits per heavy atom. The van der Waals surface area contributed by atoms with Crippen LogP contribution in [0.25, 0.3) is 0 Å². The molecule has 0 aliphatic heterocycles. The molecule has 116 valence electrons. The van der Waals surface area contributed by atoms with Crippen molar-refractivity contribution >= 4 is 0 Å². The molecule has 0 saturated carbocycles. The first kappa shape index (κ1) is 17.1. The smallest absolute Gasteiger partial charge is 0.151 e. The van der Waals surface area contributed by atoms with Crippen LogP contribution < -0.4 is 0 Å². The Kier molecular flexibility index (Phi) is 9.20. The van der Waals surface area contributed by atoms with Crippen LogP contribution in [0.3, 0.4) is 0 Å². The van der Waals surface area contributed by atoms with Crippen molar-refractivity contribution in [2.75, 3.05) is 20.6 Å². The van der Waals surface area contributed by atoms with E-state index in [0.29, 0.717) is 0 Å². The molecule has 0 amide bonds. The third-order valence-electron chi connectivity index (χ3n) is 3.62. The van der Waals surface area contributed by atoms with Gasteiger partial charge in [0.1, 0.15) is 0 Å².